The molecule has 4 rings (SSSR count). The lowest BCUT2D eigenvalue weighted by Gasteiger charge is -2.11. The van der Waals surface area contributed by atoms with E-state index in [9.17, 15) is 0 Å². The zero-order chi connectivity index (χ0) is 21.1. The van der Waals surface area contributed by atoms with Gasteiger partial charge in [0.2, 0.25) is 17.8 Å². The number of nitrogens with one attached hydrogen (secondary N) is 2. The van der Waals surface area contributed by atoms with Crippen LogP contribution in [0.3, 0.4) is 0 Å². The van der Waals surface area contributed by atoms with E-state index in [1.54, 1.807) is 19.2 Å². The van der Waals surface area contributed by atoms with Crippen LogP contribution >= 0.6 is 0 Å². The number of nitrogen functional groups attached to an aromatic ring is 2. The van der Waals surface area contributed by atoms with Gasteiger partial charge in [0.15, 0.2) is 17.3 Å². The maximum Gasteiger partial charge on any atom is 0.226 e. The molecule has 0 unspecified atom stereocenters. The summed E-state index contributed by atoms with van der Waals surface area (Å²) in [5.41, 5.74) is 14.1. The topological polar surface area (TPSA) is 150 Å². The lowest BCUT2D eigenvalue weighted by Crippen LogP contribution is -2.01. The maximum absolute atomic E-state index is 5.75. The van der Waals surface area contributed by atoms with E-state index in [0.29, 0.717) is 23.3 Å². The van der Waals surface area contributed by atoms with E-state index < -0.39 is 0 Å². The summed E-state index contributed by atoms with van der Waals surface area (Å²) in [7, 11) is 1.54. The number of rotatable bonds is 6. The van der Waals surface area contributed by atoms with Gasteiger partial charge in [-0.2, -0.15) is 9.97 Å². The summed E-state index contributed by atoms with van der Waals surface area (Å²) in [5.74, 6) is 2.48. The number of methoxy groups -OCH3 is 1. The first-order valence-electron chi connectivity index (χ1n) is 9.03. The zero-order valence-electron chi connectivity index (χ0n) is 16.4. The first-order chi connectivity index (χ1) is 14.5. The third-order valence-corrected chi connectivity index (χ3v) is 4.16. The van der Waals surface area contributed by atoms with Crippen molar-refractivity contribution >= 4 is 23.4 Å². The van der Waals surface area contributed by atoms with Gasteiger partial charge in [0, 0.05) is 17.3 Å². The summed E-state index contributed by atoms with van der Waals surface area (Å²) in [4.78, 5) is 11.0. The van der Waals surface area contributed by atoms with Crippen LogP contribution in [0.2, 0.25) is 0 Å². The van der Waals surface area contributed by atoms with Gasteiger partial charge in [0.05, 0.1) is 7.11 Å². The van der Waals surface area contributed by atoms with Crippen LogP contribution in [0.4, 0.5) is 23.4 Å². The number of anilines is 4. The molecule has 30 heavy (non-hydrogen) atoms. The molecule has 0 aliphatic carbocycles. The van der Waals surface area contributed by atoms with Crippen LogP contribution in [-0.2, 0) is 0 Å². The number of nitrogens with two attached hydrogens (primary N) is 2. The third kappa shape index (κ3) is 4.22. The van der Waals surface area contributed by atoms with Gasteiger partial charge in [-0.15, -0.1) is 10.2 Å². The van der Waals surface area contributed by atoms with Gasteiger partial charge in [-0.1, -0.05) is 12.1 Å². The predicted octanol–water partition coefficient (Wildman–Crippen LogP) is 3.28. The molecule has 10 heteroatoms. The van der Waals surface area contributed by atoms with E-state index >= 15 is 0 Å². The molecular weight excluding hydrogens is 384 g/mol. The quantitative estimate of drug-likeness (QED) is 0.379. The Balaban J connectivity index is 1.56. The Bertz CT molecular complexity index is 1170. The molecule has 0 radical (unpaired) electrons. The Labute approximate surface area is 172 Å². The average molecular weight is 404 g/mol. The summed E-state index contributed by atoms with van der Waals surface area (Å²) in [5, 5.41) is 11.5. The van der Waals surface area contributed by atoms with Crippen molar-refractivity contribution < 1.29 is 9.47 Å². The van der Waals surface area contributed by atoms with Crippen molar-refractivity contribution in [1.29, 1.82) is 0 Å². The van der Waals surface area contributed by atoms with E-state index in [0.717, 1.165) is 16.8 Å². The zero-order valence-corrected chi connectivity index (χ0v) is 16.4. The van der Waals surface area contributed by atoms with E-state index in [-0.39, 0.29) is 17.6 Å². The second-order valence-corrected chi connectivity index (χ2v) is 6.47. The number of hydrogen-bond acceptors (Lipinski definition) is 9. The van der Waals surface area contributed by atoms with Crippen LogP contribution in [0.5, 0.6) is 17.4 Å². The first kappa shape index (κ1) is 19.0. The van der Waals surface area contributed by atoms with Crippen LogP contribution in [-0.4, -0.2) is 32.3 Å². The minimum Gasteiger partial charge on any atom is -0.493 e. The Kier molecular flexibility index (Phi) is 5.04. The smallest absolute Gasteiger partial charge is 0.226 e. The third-order valence-electron chi connectivity index (χ3n) is 4.16. The lowest BCUT2D eigenvalue weighted by molar-refractivity contribution is 0.374. The number of ether oxygens (including phenoxy) is 2. The molecule has 6 N–H and O–H groups in total. The molecule has 2 aromatic heterocycles. The van der Waals surface area contributed by atoms with Gasteiger partial charge in [0.25, 0.3) is 0 Å². The minimum absolute atomic E-state index is 0.0240. The van der Waals surface area contributed by atoms with Crippen molar-refractivity contribution in [1.82, 2.24) is 25.1 Å². The second-order valence-electron chi connectivity index (χ2n) is 6.47. The standard InChI is InChI=1S/C20H20N8O2/c1-11-4-3-5-13(8-11)23-20-26-18(27-28-20)12-6-7-14(15(9-12)29-2)30-17-10-16(21)24-19(22)25-17/h3-10H,1-2H3,(H4,21,22,24,25)(H2,23,26,27,28). The van der Waals surface area contributed by atoms with Crippen molar-refractivity contribution in [3.8, 4) is 28.8 Å². The van der Waals surface area contributed by atoms with Gasteiger partial charge in [-0.05, 0) is 42.8 Å². The molecule has 0 atom stereocenters. The Morgan fingerprint density at radius 3 is 2.60 bits per heavy atom. The Morgan fingerprint density at radius 1 is 0.967 bits per heavy atom. The molecule has 0 aliphatic heterocycles. The number of hydrogen-bond donors (Lipinski definition) is 4. The van der Waals surface area contributed by atoms with Gasteiger partial charge in [-0.25, -0.2) is 0 Å². The van der Waals surface area contributed by atoms with Crippen molar-refractivity contribution in [3.05, 3.63) is 54.1 Å². The molecule has 0 spiro atoms. The summed E-state index contributed by atoms with van der Waals surface area (Å²) in [6, 6.07) is 14.8. The lowest BCUT2D eigenvalue weighted by atomic mass is 10.2. The molecule has 0 saturated carbocycles. The largest absolute Gasteiger partial charge is 0.493 e. The molecule has 0 aliphatic rings. The molecule has 0 saturated heterocycles. The summed E-state index contributed by atoms with van der Waals surface area (Å²) in [6.07, 6.45) is 0. The summed E-state index contributed by atoms with van der Waals surface area (Å²) >= 11 is 0. The first-order valence-corrected chi connectivity index (χ1v) is 9.03. The van der Waals surface area contributed by atoms with Gasteiger partial charge in [0.1, 0.15) is 5.82 Å². The minimum atomic E-state index is 0.0240. The van der Waals surface area contributed by atoms with Crippen molar-refractivity contribution in [3.63, 3.8) is 0 Å². The van der Waals surface area contributed by atoms with E-state index in [2.05, 4.69) is 30.5 Å². The van der Waals surface area contributed by atoms with Crippen molar-refractivity contribution in [2.75, 3.05) is 23.9 Å². The van der Waals surface area contributed by atoms with Crippen LogP contribution in [0, 0.1) is 6.92 Å². The van der Waals surface area contributed by atoms with Gasteiger partial charge < -0.3 is 31.2 Å². The van der Waals surface area contributed by atoms with E-state index in [1.165, 1.54) is 6.07 Å². The van der Waals surface area contributed by atoms with E-state index in [4.69, 9.17) is 20.9 Å². The van der Waals surface area contributed by atoms with Crippen molar-refractivity contribution in [2.45, 2.75) is 6.92 Å². The number of aryl methyl sites for hydroxylation is 1. The molecule has 2 aromatic carbocycles. The number of benzene rings is 2. The van der Waals surface area contributed by atoms with Crippen LogP contribution in [0.15, 0.2) is 48.5 Å². The van der Waals surface area contributed by atoms with Gasteiger partial charge >= 0.3 is 0 Å². The highest BCUT2D eigenvalue weighted by Gasteiger charge is 2.13. The van der Waals surface area contributed by atoms with Gasteiger partial charge in [-0.3, -0.25) is 0 Å². The van der Waals surface area contributed by atoms with E-state index in [1.807, 2.05) is 37.3 Å². The predicted molar refractivity (Wildman–Crippen MR) is 114 cm³/mol. The number of H-pyrrole nitrogens is 1. The molecule has 2 heterocycles. The van der Waals surface area contributed by atoms with Crippen LogP contribution in [0.1, 0.15) is 5.56 Å². The molecule has 0 amide bonds. The highest BCUT2D eigenvalue weighted by atomic mass is 16.5. The fraction of sp³-hybridized carbons (Fsp3) is 0.100. The highest BCUT2D eigenvalue weighted by Crippen LogP contribution is 2.34. The normalized spacial score (nSPS) is 10.6. The SMILES string of the molecule is COc1cc(-c2nnc(Nc3cccc(C)c3)[nH]2)ccc1Oc1cc(N)nc(N)n1. The summed E-state index contributed by atoms with van der Waals surface area (Å²) < 4.78 is 11.2. The molecule has 4 aromatic rings. The monoisotopic (exact) mass is 404 g/mol. The Morgan fingerprint density at radius 2 is 1.83 bits per heavy atom. The maximum atomic E-state index is 5.75. The molecular formula is C20H20N8O2. The number of aromatic nitrogens is 5. The second kappa shape index (κ2) is 7.95. The number of aromatic amines is 1. The summed E-state index contributed by atoms with van der Waals surface area (Å²) in [6.45, 7) is 2.02. The Hall–Kier alpha value is -4.34. The fourth-order valence-corrected chi connectivity index (χ4v) is 2.83. The van der Waals surface area contributed by atoms with Crippen molar-refractivity contribution in [2.24, 2.45) is 0 Å². The number of nitrogens with zero attached hydrogens (tertiary/aromatic N) is 4. The van der Waals surface area contributed by atoms with Crippen LogP contribution < -0.4 is 26.3 Å². The molecule has 0 fully saturated rings. The fourth-order valence-electron chi connectivity index (χ4n) is 2.83. The average Bonchev–Trinajstić information content (AvgIpc) is 3.16. The molecule has 10 nitrogen and oxygen atoms in total. The highest BCUT2D eigenvalue weighted by molar-refractivity contribution is 5.63. The van der Waals surface area contributed by atoms with Crippen LogP contribution in [0.25, 0.3) is 11.4 Å². The molecule has 0 bridgehead atoms. The molecule has 152 valence electrons.